The van der Waals surface area contributed by atoms with Gasteiger partial charge < -0.3 is 10.3 Å². The van der Waals surface area contributed by atoms with Gasteiger partial charge in [-0.3, -0.25) is 9.29 Å². The lowest BCUT2D eigenvalue weighted by Crippen LogP contribution is -2.30. The minimum Gasteiger partial charge on any atom is -0.360 e. The molecule has 1 aromatic carbocycles. The van der Waals surface area contributed by atoms with Gasteiger partial charge in [-0.2, -0.15) is 0 Å². The van der Waals surface area contributed by atoms with Crippen LogP contribution in [0.3, 0.4) is 0 Å². The van der Waals surface area contributed by atoms with Crippen LogP contribution in [-0.2, 0) is 0 Å². The van der Waals surface area contributed by atoms with Gasteiger partial charge in [-0.1, -0.05) is 18.2 Å². The molecule has 4 aromatic rings. The molecule has 0 amide bonds. The van der Waals surface area contributed by atoms with Crippen LogP contribution in [0.1, 0.15) is 12.5 Å². The van der Waals surface area contributed by atoms with Crippen molar-refractivity contribution in [2.24, 2.45) is 0 Å². The quantitative estimate of drug-likeness (QED) is 0.510. The van der Waals surface area contributed by atoms with E-state index in [9.17, 15) is 0 Å². The first-order chi connectivity index (χ1) is 13.8. The number of imidazole rings is 1. The van der Waals surface area contributed by atoms with E-state index >= 15 is 0 Å². The van der Waals surface area contributed by atoms with Gasteiger partial charge in [-0.15, -0.1) is 0 Å². The summed E-state index contributed by atoms with van der Waals surface area (Å²) in [4.78, 5) is 21.4. The Labute approximate surface area is 166 Å². The molecule has 0 saturated carbocycles. The molecule has 1 atom stereocenters. The number of pyridine rings is 1. The third-order valence-corrected chi connectivity index (χ3v) is 5.69. The van der Waals surface area contributed by atoms with E-state index in [1.165, 1.54) is 6.33 Å². The second kappa shape index (κ2) is 6.97. The standard InChI is InChI=1S/C20H17N7S/c1-13(26-20-18-19(23-11-22-18)24-12-25-20)16-9-14-7-8-21-10-17(14)28-27(16)15-5-3-2-4-6-15/h2-13H,1H3,(H2,22,23,24,25,26). The topological polar surface area (TPSA) is 82.6 Å². The molecule has 1 aliphatic heterocycles. The fourth-order valence-electron chi connectivity index (χ4n) is 3.17. The predicted octanol–water partition coefficient (Wildman–Crippen LogP) is 4.12. The first kappa shape index (κ1) is 16.8. The fraction of sp³-hybridized carbons (Fsp3) is 0.100. The molecule has 1 aliphatic rings. The molecule has 5 rings (SSSR count). The molecule has 1 unspecified atom stereocenters. The third-order valence-electron chi connectivity index (χ3n) is 4.55. The Morgan fingerprint density at radius 2 is 2.00 bits per heavy atom. The smallest absolute Gasteiger partial charge is 0.162 e. The van der Waals surface area contributed by atoms with Crippen molar-refractivity contribution < 1.29 is 0 Å². The number of benzene rings is 1. The van der Waals surface area contributed by atoms with Crippen LogP contribution >= 0.6 is 11.9 Å². The van der Waals surface area contributed by atoms with Gasteiger partial charge in [0.25, 0.3) is 0 Å². The maximum absolute atomic E-state index is 4.39. The van der Waals surface area contributed by atoms with Crippen molar-refractivity contribution in [1.29, 1.82) is 0 Å². The summed E-state index contributed by atoms with van der Waals surface area (Å²) in [5.74, 6) is 0.707. The number of anilines is 2. The van der Waals surface area contributed by atoms with Gasteiger partial charge in [0, 0.05) is 12.4 Å². The summed E-state index contributed by atoms with van der Waals surface area (Å²) in [6.07, 6.45) is 9.08. The third kappa shape index (κ3) is 2.97. The molecule has 2 N–H and O–H groups in total. The Balaban J connectivity index is 1.54. The normalized spacial score (nSPS) is 14.5. The van der Waals surface area contributed by atoms with Crippen LogP contribution in [0.4, 0.5) is 11.5 Å². The lowest BCUT2D eigenvalue weighted by Gasteiger charge is -2.33. The van der Waals surface area contributed by atoms with E-state index < -0.39 is 0 Å². The number of nitrogens with zero attached hydrogens (tertiary/aromatic N) is 5. The van der Waals surface area contributed by atoms with Crippen molar-refractivity contribution in [3.8, 4) is 0 Å². The van der Waals surface area contributed by atoms with E-state index in [0.717, 1.165) is 27.4 Å². The van der Waals surface area contributed by atoms with Crippen LogP contribution in [0.25, 0.3) is 17.2 Å². The van der Waals surface area contributed by atoms with Gasteiger partial charge >= 0.3 is 0 Å². The van der Waals surface area contributed by atoms with Crippen molar-refractivity contribution >= 4 is 40.7 Å². The molecular weight excluding hydrogens is 370 g/mol. The molecule has 138 valence electrons. The molecule has 8 heteroatoms. The zero-order chi connectivity index (χ0) is 18.9. The van der Waals surface area contributed by atoms with Crippen LogP contribution in [0.2, 0.25) is 0 Å². The zero-order valence-corrected chi connectivity index (χ0v) is 15.9. The van der Waals surface area contributed by atoms with Gasteiger partial charge in [0.1, 0.15) is 11.8 Å². The number of hydrogen-bond donors (Lipinski definition) is 2. The van der Waals surface area contributed by atoms with E-state index in [0.29, 0.717) is 11.5 Å². The maximum atomic E-state index is 4.39. The second-order valence-corrected chi connectivity index (χ2v) is 7.38. The predicted molar refractivity (Wildman–Crippen MR) is 112 cm³/mol. The van der Waals surface area contributed by atoms with E-state index in [4.69, 9.17) is 0 Å². The van der Waals surface area contributed by atoms with Crippen LogP contribution in [0.15, 0.2) is 72.0 Å². The minimum absolute atomic E-state index is 0.0104. The van der Waals surface area contributed by atoms with Crippen LogP contribution in [0, 0.1) is 0 Å². The summed E-state index contributed by atoms with van der Waals surface area (Å²) in [5, 5.41) is 3.50. The molecule has 4 heterocycles. The van der Waals surface area contributed by atoms with Gasteiger partial charge in [0.2, 0.25) is 0 Å². The molecule has 0 fully saturated rings. The Kier molecular flexibility index (Phi) is 4.17. The molecule has 3 aromatic heterocycles. The monoisotopic (exact) mass is 387 g/mol. The molecule has 0 saturated heterocycles. The lowest BCUT2D eigenvalue weighted by atomic mass is 10.1. The first-order valence-corrected chi connectivity index (χ1v) is 9.66. The molecule has 7 nitrogen and oxygen atoms in total. The van der Waals surface area contributed by atoms with Crippen molar-refractivity contribution in [3.05, 3.63) is 72.7 Å². The number of fused-ring (bicyclic) bond motifs is 2. The Bertz CT molecular complexity index is 1160. The lowest BCUT2D eigenvalue weighted by molar-refractivity contribution is 0.900. The second-order valence-electron chi connectivity index (χ2n) is 6.39. The number of nitrogens with one attached hydrogen (secondary N) is 2. The molecular formula is C20H17N7S. The molecule has 0 bridgehead atoms. The summed E-state index contributed by atoms with van der Waals surface area (Å²) in [5.41, 5.74) is 4.83. The van der Waals surface area contributed by atoms with Crippen molar-refractivity contribution in [2.45, 2.75) is 17.9 Å². The molecule has 28 heavy (non-hydrogen) atoms. The van der Waals surface area contributed by atoms with Crippen molar-refractivity contribution in [2.75, 3.05) is 9.62 Å². The average Bonchev–Trinajstić information content (AvgIpc) is 3.23. The fourth-order valence-corrected chi connectivity index (χ4v) is 4.25. The molecule has 0 spiro atoms. The Morgan fingerprint density at radius 1 is 1.11 bits per heavy atom. The SMILES string of the molecule is CC(Nc1ncnc2[nH]cnc12)C1=Cc2ccncc2SN1c1ccccc1. The number of hydrogen-bond acceptors (Lipinski definition) is 7. The van der Waals surface area contributed by atoms with E-state index in [1.54, 1.807) is 18.3 Å². The number of H-pyrrole nitrogens is 1. The number of aromatic amines is 1. The zero-order valence-electron chi connectivity index (χ0n) is 15.1. The summed E-state index contributed by atoms with van der Waals surface area (Å²) < 4.78 is 2.23. The number of para-hydroxylation sites is 1. The average molecular weight is 387 g/mol. The van der Waals surface area contributed by atoms with Gasteiger partial charge in [0.05, 0.1) is 28.6 Å². The highest BCUT2D eigenvalue weighted by atomic mass is 32.2. The highest BCUT2D eigenvalue weighted by Gasteiger charge is 2.25. The number of aromatic nitrogens is 5. The largest absolute Gasteiger partial charge is 0.360 e. The van der Waals surface area contributed by atoms with Crippen LogP contribution < -0.4 is 9.62 Å². The summed E-state index contributed by atoms with van der Waals surface area (Å²) >= 11 is 1.67. The highest BCUT2D eigenvalue weighted by Crippen LogP contribution is 2.40. The highest BCUT2D eigenvalue weighted by molar-refractivity contribution is 8.01. The summed E-state index contributed by atoms with van der Waals surface area (Å²) in [6, 6.07) is 12.3. The summed E-state index contributed by atoms with van der Waals surface area (Å²) in [6.45, 7) is 2.12. The van der Waals surface area contributed by atoms with E-state index in [1.807, 2.05) is 36.7 Å². The maximum Gasteiger partial charge on any atom is 0.162 e. The van der Waals surface area contributed by atoms with E-state index in [-0.39, 0.29) is 6.04 Å². The summed E-state index contributed by atoms with van der Waals surface area (Å²) in [7, 11) is 0. The van der Waals surface area contributed by atoms with Gasteiger partial charge in [0.15, 0.2) is 11.5 Å². The van der Waals surface area contributed by atoms with Gasteiger partial charge in [-0.25, -0.2) is 15.0 Å². The Morgan fingerprint density at radius 3 is 2.89 bits per heavy atom. The van der Waals surface area contributed by atoms with Crippen LogP contribution in [-0.4, -0.2) is 31.0 Å². The van der Waals surface area contributed by atoms with Crippen molar-refractivity contribution in [1.82, 2.24) is 24.9 Å². The first-order valence-electron chi connectivity index (χ1n) is 8.89. The van der Waals surface area contributed by atoms with Gasteiger partial charge in [-0.05, 0) is 48.7 Å². The number of rotatable bonds is 4. The molecule has 0 aliphatic carbocycles. The van der Waals surface area contributed by atoms with Crippen LogP contribution in [0.5, 0.6) is 0 Å². The van der Waals surface area contributed by atoms with E-state index in [2.05, 4.69) is 59.7 Å². The van der Waals surface area contributed by atoms with Crippen molar-refractivity contribution in [3.63, 3.8) is 0 Å². The Hall–Kier alpha value is -3.39. The molecule has 0 radical (unpaired) electrons. The minimum atomic E-state index is -0.0104.